The predicted octanol–water partition coefficient (Wildman–Crippen LogP) is 0.497. The summed E-state index contributed by atoms with van der Waals surface area (Å²) in [4.78, 5) is 20.7. The van der Waals surface area contributed by atoms with Crippen molar-refractivity contribution >= 4 is 29.2 Å². The molecule has 0 aliphatic carbocycles. The first-order chi connectivity index (χ1) is 9.35. The second-order valence-corrected chi connectivity index (χ2v) is 5.14. The first-order valence-electron chi connectivity index (χ1n) is 5.08. The number of nitrogens with one attached hydrogen (secondary N) is 1. The minimum absolute atomic E-state index is 0.392. The average Bonchev–Trinajstić information content (AvgIpc) is 3.11. The molecule has 3 aromatic rings. The lowest BCUT2D eigenvalue weighted by Gasteiger charge is -2.04. The fourth-order valence-corrected chi connectivity index (χ4v) is 2.50. The molecule has 0 fully saturated rings. The van der Waals surface area contributed by atoms with Gasteiger partial charge in [0.2, 0.25) is 11.1 Å². The number of aromatic nitrogens is 8. The first-order valence-corrected chi connectivity index (χ1v) is 6.67. The Kier molecular flexibility index (Phi) is 3.29. The molecule has 96 valence electrons. The number of rotatable bonds is 4. The zero-order chi connectivity index (χ0) is 13.1. The van der Waals surface area contributed by atoms with Gasteiger partial charge in [-0.2, -0.15) is 29.1 Å². The second kappa shape index (κ2) is 5.24. The third kappa shape index (κ3) is 2.66. The molecule has 0 aliphatic rings. The number of nitrogens with zero attached hydrogens (tertiary/aromatic N) is 8. The van der Waals surface area contributed by atoms with Crippen molar-refractivity contribution in [3.8, 4) is 5.95 Å². The first kappa shape index (κ1) is 11.9. The van der Waals surface area contributed by atoms with Gasteiger partial charge < -0.3 is 5.32 Å². The maximum Gasteiger partial charge on any atom is 0.257 e. The van der Waals surface area contributed by atoms with E-state index >= 15 is 0 Å². The van der Waals surface area contributed by atoms with Gasteiger partial charge in [0, 0.05) is 7.05 Å². The van der Waals surface area contributed by atoms with Crippen molar-refractivity contribution in [3.05, 3.63) is 19.0 Å². The van der Waals surface area contributed by atoms with Crippen LogP contribution in [0.4, 0.5) is 5.95 Å². The standard InChI is InChI=1S/C8H7N9S2/c1-9-5-14-6(17-4-10-2-12-17)16-7(15-5)18-8-11-3-13-19-8/h2-4H,1H3,(H,9,14,15,16). The van der Waals surface area contributed by atoms with Crippen molar-refractivity contribution in [1.29, 1.82) is 0 Å². The summed E-state index contributed by atoms with van der Waals surface area (Å²) >= 11 is 2.60. The molecular weight excluding hydrogens is 286 g/mol. The molecular formula is C8H7N9S2. The molecule has 1 N–H and O–H groups in total. The highest BCUT2D eigenvalue weighted by Crippen LogP contribution is 2.25. The van der Waals surface area contributed by atoms with E-state index in [2.05, 4.69) is 39.7 Å². The molecule has 3 heterocycles. The van der Waals surface area contributed by atoms with Crippen LogP contribution in [0, 0.1) is 0 Å². The minimum atomic E-state index is 0.392. The number of hydrogen-bond acceptors (Lipinski definition) is 10. The van der Waals surface area contributed by atoms with Gasteiger partial charge in [0.1, 0.15) is 19.0 Å². The normalized spacial score (nSPS) is 10.6. The van der Waals surface area contributed by atoms with Gasteiger partial charge in [0.15, 0.2) is 4.34 Å². The Morgan fingerprint density at radius 1 is 1.26 bits per heavy atom. The van der Waals surface area contributed by atoms with Crippen LogP contribution in [0.1, 0.15) is 0 Å². The summed E-state index contributed by atoms with van der Waals surface area (Å²) in [5.74, 6) is 0.844. The van der Waals surface area contributed by atoms with Gasteiger partial charge in [-0.05, 0) is 23.3 Å². The van der Waals surface area contributed by atoms with Crippen molar-refractivity contribution in [3.63, 3.8) is 0 Å². The smallest absolute Gasteiger partial charge is 0.257 e. The van der Waals surface area contributed by atoms with E-state index in [-0.39, 0.29) is 0 Å². The highest BCUT2D eigenvalue weighted by molar-refractivity contribution is 8.00. The van der Waals surface area contributed by atoms with Gasteiger partial charge >= 0.3 is 0 Å². The Bertz CT molecular complexity index is 651. The van der Waals surface area contributed by atoms with Gasteiger partial charge in [0.25, 0.3) is 5.95 Å². The molecule has 0 atom stereocenters. The largest absolute Gasteiger partial charge is 0.357 e. The molecule has 3 aromatic heterocycles. The fourth-order valence-electron chi connectivity index (χ4n) is 1.20. The van der Waals surface area contributed by atoms with Crippen molar-refractivity contribution < 1.29 is 0 Å². The molecule has 19 heavy (non-hydrogen) atoms. The molecule has 0 aromatic carbocycles. The Hall–Kier alpha value is -2.14. The van der Waals surface area contributed by atoms with E-state index in [0.29, 0.717) is 17.1 Å². The number of hydrogen-bond donors (Lipinski definition) is 1. The zero-order valence-electron chi connectivity index (χ0n) is 9.63. The highest BCUT2D eigenvalue weighted by Gasteiger charge is 2.10. The van der Waals surface area contributed by atoms with Crippen LogP contribution in [0.2, 0.25) is 0 Å². The van der Waals surface area contributed by atoms with Crippen molar-refractivity contribution in [1.82, 2.24) is 39.1 Å². The Morgan fingerprint density at radius 3 is 2.89 bits per heavy atom. The maximum atomic E-state index is 4.30. The van der Waals surface area contributed by atoms with E-state index in [1.54, 1.807) is 7.05 Å². The highest BCUT2D eigenvalue weighted by atomic mass is 32.2. The van der Waals surface area contributed by atoms with Crippen LogP contribution in [0.25, 0.3) is 5.95 Å². The lowest BCUT2D eigenvalue weighted by atomic mass is 10.8. The van der Waals surface area contributed by atoms with Crippen LogP contribution in [-0.2, 0) is 0 Å². The van der Waals surface area contributed by atoms with E-state index < -0.39 is 0 Å². The molecule has 3 rings (SSSR count). The topological polar surface area (TPSA) is 107 Å². The van der Waals surface area contributed by atoms with Gasteiger partial charge in [-0.15, -0.1) is 0 Å². The summed E-state index contributed by atoms with van der Waals surface area (Å²) in [6.07, 6.45) is 4.43. The molecule has 0 saturated heterocycles. The summed E-state index contributed by atoms with van der Waals surface area (Å²) < 4.78 is 6.16. The zero-order valence-corrected chi connectivity index (χ0v) is 11.3. The van der Waals surface area contributed by atoms with E-state index in [1.807, 2.05) is 0 Å². The summed E-state index contributed by atoms with van der Waals surface area (Å²) in [6.45, 7) is 0. The van der Waals surface area contributed by atoms with Crippen LogP contribution in [-0.4, -0.2) is 46.1 Å². The summed E-state index contributed by atoms with van der Waals surface area (Å²) in [5, 5.41) is 7.39. The molecule has 0 amide bonds. The summed E-state index contributed by atoms with van der Waals surface area (Å²) in [5.41, 5.74) is 0. The van der Waals surface area contributed by atoms with Crippen LogP contribution in [0.3, 0.4) is 0 Å². The van der Waals surface area contributed by atoms with Gasteiger partial charge in [0.05, 0.1) is 0 Å². The van der Waals surface area contributed by atoms with Crippen LogP contribution in [0.15, 0.2) is 28.5 Å². The monoisotopic (exact) mass is 293 g/mol. The Morgan fingerprint density at radius 2 is 2.21 bits per heavy atom. The van der Waals surface area contributed by atoms with Crippen LogP contribution >= 0.6 is 23.3 Å². The third-order valence-electron chi connectivity index (χ3n) is 1.97. The molecule has 0 radical (unpaired) electrons. The molecule has 0 saturated carbocycles. The SMILES string of the molecule is CNc1nc(Sc2ncns2)nc(-n2cncn2)n1. The maximum absolute atomic E-state index is 4.30. The Balaban J connectivity index is 1.98. The van der Waals surface area contributed by atoms with E-state index in [9.17, 15) is 0 Å². The van der Waals surface area contributed by atoms with Crippen molar-refractivity contribution in [2.45, 2.75) is 9.50 Å². The molecule has 0 aliphatic heterocycles. The van der Waals surface area contributed by atoms with Crippen molar-refractivity contribution in [2.24, 2.45) is 0 Å². The van der Waals surface area contributed by atoms with E-state index in [4.69, 9.17) is 0 Å². The quantitative estimate of drug-likeness (QED) is 0.735. The summed E-state index contributed by atoms with van der Waals surface area (Å²) in [7, 11) is 1.74. The van der Waals surface area contributed by atoms with Crippen molar-refractivity contribution in [2.75, 3.05) is 12.4 Å². The fraction of sp³-hybridized carbons (Fsp3) is 0.125. The van der Waals surface area contributed by atoms with E-state index in [1.165, 1.54) is 47.0 Å². The number of anilines is 1. The minimum Gasteiger partial charge on any atom is -0.357 e. The molecule has 0 spiro atoms. The van der Waals surface area contributed by atoms with Crippen LogP contribution < -0.4 is 5.32 Å². The molecule has 0 unspecified atom stereocenters. The van der Waals surface area contributed by atoms with Gasteiger partial charge in [-0.3, -0.25) is 0 Å². The van der Waals surface area contributed by atoms with E-state index in [0.717, 1.165) is 4.34 Å². The predicted molar refractivity (Wildman–Crippen MR) is 68.3 cm³/mol. The van der Waals surface area contributed by atoms with Crippen LogP contribution in [0.5, 0.6) is 0 Å². The molecule has 9 nitrogen and oxygen atoms in total. The average molecular weight is 293 g/mol. The van der Waals surface area contributed by atoms with Gasteiger partial charge in [-0.1, -0.05) is 0 Å². The van der Waals surface area contributed by atoms with Gasteiger partial charge in [-0.25, -0.2) is 9.97 Å². The molecule has 11 heteroatoms. The second-order valence-electron chi connectivity index (χ2n) is 3.14. The lowest BCUT2D eigenvalue weighted by Crippen LogP contribution is -2.07. The Labute approximate surface area is 115 Å². The third-order valence-corrected chi connectivity index (χ3v) is 3.55. The summed E-state index contributed by atoms with van der Waals surface area (Å²) in [6, 6.07) is 0. The lowest BCUT2D eigenvalue weighted by molar-refractivity contribution is 0.761. The molecule has 0 bridgehead atoms.